The van der Waals surface area contributed by atoms with Gasteiger partial charge in [0.1, 0.15) is 12.9 Å². The molecule has 1 aromatic heterocycles. The fourth-order valence-corrected chi connectivity index (χ4v) is 1.74. The van der Waals surface area contributed by atoms with Crippen molar-refractivity contribution in [1.29, 1.82) is 0 Å². The summed E-state index contributed by atoms with van der Waals surface area (Å²) in [7, 11) is 0. The number of aryl methyl sites for hydroxylation is 1. The van der Waals surface area contributed by atoms with Gasteiger partial charge in [0.15, 0.2) is 11.8 Å². The van der Waals surface area contributed by atoms with Crippen LogP contribution < -0.4 is 10.6 Å². The number of nitrogens with zero attached hydrogens (tertiary/aromatic N) is 4. The van der Waals surface area contributed by atoms with Crippen molar-refractivity contribution in [1.82, 2.24) is 25.4 Å². The SMILES string of the molecule is CCNC(=NCc1nncn1CC)NCC(C)(C)SC.I. The molecule has 0 unspecified atom stereocenters. The first-order valence-corrected chi connectivity index (χ1v) is 8.19. The molecule has 8 heteroatoms. The number of hydrogen-bond acceptors (Lipinski definition) is 4. The molecule has 0 aliphatic carbocycles. The van der Waals surface area contributed by atoms with Crippen LogP contribution in [0.3, 0.4) is 0 Å². The van der Waals surface area contributed by atoms with Crippen molar-refractivity contribution in [3.63, 3.8) is 0 Å². The predicted octanol–water partition coefficient (Wildman–Crippen LogP) is 2.11. The summed E-state index contributed by atoms with van der Waals surface area (Å²) in [6.45, 7) is 11.6. The van der Waals surface area contributed by atoms with E-state index < -0.39 is 0 Å². The lowest BCUT2D eigenvalue weighted by Gasteiger charge is -2.23. The Bertz CT molecular complexity index is 432. The molecule has 21 heavy (non-hydrogen) atoms. The van der Waals surface area contributed by atoms with Crippen LogP contribution in [0.25, 0.3) is 0 Å². The Kier molecular flexibility index (Phi) is 10.0. The van der Waals surface area contributed by atoms with Crippen molar-refractivity contribution in [2.75, 3.05) is 19.3 Å². The number of guanidine groups is 1. The fraction of sp³-hybridized carbons (Fsp3) is 0.769. The number of hydrogen-bond donors (Lipinski definition) is 2. The van der Waals surface area contributed by atoms with Crippen molar-refractivity contribution in [3.05, 3.63) is 12.2 Å². The molecule has 6 nitrogen and oxygen atoms in total. The Hall–Kier alpha value is -0.510. The molecular formula is C13H27IN6S. The molecule has 0 bridgehead atoms. The van der Waals surface area contributed by atoms with Crippen molar-refractivity contribution in [2.45, 2.75) is 45.5 Å². The van der Waals surface area contributed by atoms with E-state index in [2.05, 4.69) is 59.8 Å². The fourth-order valence-electron chi connectivity index (χ4n) is 1.53. The Balaban J connectivity index is 0.00000400. The summed E-state index contributed by atoms with van der Waals surface area (Å²) in [6.07, 6.45) is 3.86. The van der Waals surface area contributed by atoms with Crippen LogP contribution >= 0.6 is 35.7 Å². The molecule has 2 N–H and O–H groups in total. The quantitative estimate of drug-likeness (QED) is 0.397. The van der Waals surface area contributed by atoms with Crippen molar-refractivity contribution >= 4 is 41.7 Å². The van der Waals surface area contributed by atoms with E-state index in [1.54, 1.807) is 6.33 Å². The summed E-state index contributed by atoms with van der Waals surface area (Å²) >= 11 is 1.84. The summed E-state index contributed by atoms with van der Waals surface area (Å²) in [5, 5.41) is 14.6. The summed E-state index contributed by atoms with van der Waals surface area (Å²) < 4.78 is 2.18. The molecule has 0 fully saturated rings. The highest BCUT2D eigenvalue weighted by atomic mass is 127. The zero-order valence-corrected chi connectivity index (χ0v) is 16.7. The number of rotatable bonds is 7. The van der Waals surface area contributed by atoms with E-state index in [-0.39, 0.29) is 28.7 Å². The molecule has 0 aliphatic rings. The van der Waals surface area contributed by atoms with Gasteiger partial charge in [0.05, 0.1) is 0 Å². The first-order chi connectivity index (χ1) is 9.52. The lowest BCUT2D eigenvalue weighted by Crippen LogP contribution is -2.43. The third kappa shape index (κ3) is 7.35. The zero-order chi connectivity index (χ0) is 15.0. The summed E-state index contributed by atoms with van der Waals surface area (Å²) in [5.74, 6) is 1.70. The maximum atomic E-state index is 4.56. The van der Waals surface area contributed by atoms with Crippen LogP contribution in [0.1, 0.15) is 33.5 Å². The van der Waals surface area contributed by atoms with Gasteiger partial charge >= 0.3 is 0 Å². The molecule has 0 aliphatic heterocycles. The Morgan fingerprint density at radius 3 is 2.67 bits per heavy atom. The number of aliphatic imine (C=N–C) groups is 1. The molecule has 1 heterocycles. The molecule has 1 rings (SSSR count). The smallest absolute Gasteiger partial charge is 0.191 e. The van der Waals surface area contributed by atoms with Crippen LogP contribution in [0.5, 0.6) is 0 Å². The Morgan fingerprint density at radius 1 is 1.38 bits per heavy atom. The highest BCUT2D eigenvalue weighted by Crippen LogP contribution is 2.19. The maximum Gasteiger partial charge on any atom is 0.191 e. The summed E-state index contributed by atoms with van der Waals surface area (Å²) in [4.78, 5) is 4.56. The first-order valence-electron chi connectivity index (χ1n) is 6.96. The second-order valence-corrected chi connectivity index (χ2v) is 6.56. The van der Waals surface area contributed by atoms with Gasteiger partial charge in [-0.05, 0) is 34.0 Å². The van der Waals surface area contributed by atoms with Gasteiger partial charge in [-0.2, -0.15) is 11.8 Å². The van der Waals surface area contributed by atoms with E-state index >= 15 is 0 Å². The van der Waals surface area contributed by atoms with Gasteiger partial charge in [0.2, 0.25) is 0 Å². The molecule has 0 spiro atoms. The minimum Gasteiger partial charge on any atom is -0.357 e. The normalized spacial score (nSPS) is 12.0. The van der Waals surface area contributed by atoms with E-state index in [1.165, 1.54) is 0 Å². The van der Waals surface area contributed by atoms with Gasteiger partial charge in [0, 0.05) is 24.4 Å². The van der Waals surface area contributed by atoms with Crippen molar-refractivity contribution in [3.8, 4) is 0 Å². The average molecular weight is 426 g/mol. The Labute approximate surface area is 149 Å². The van der Waals surface area contributed by atoms with Crippen molar-refractivity contribution in [2.24, 2.45) is 4.99 Å². The standard InChI is InChI=1S/C13H26N6S.HI/c1-6-14-12(16-9-13(3,4)20-5)15-8-11-18-17-10-19(11)7-2;/h10H,6-9H2,1-5H3,(H2,14,15,16);1H. The molecule has 0 radical (unpaired) electrons. The molecule has 0 saturated heterocycles. The monoisotopic (exact) mass is 426 g/mol. The minimum absolute atomic E-state index is 0. The second-order valence-electron chi connectivity index (χ2n) is 5.05. The highest BCUT2D eigenvalue weighted by molar-refractivity contribution is 14.0. The van der Waals surface area contributed by atoms with Gasteiger partial charge in [-0.1, -0.05) is 0 Å². The molecule has 0 atom stereocenters. The number of thioether (sulfide) groups is 1. The highest BCUT2D eigenvalue weighted by Gasteiger charge is 2.16. The molecule has 0 saturated carbocycles. The third-order valence-corrected chi connectivity index (χ3v) is 4.24. The van der Waals surface area contributed by atoms with E-state index in [0.717, 1.165) is 31.4 Å². The van der Waals surface area contributed by atoms with Gasteiger partial charge < -0.3 is 15.2 Å². The second kappa shape index (κ2) is 10.3. The maximum absolute atomic E-state index is 4.56. The molecule has 122 valence electrons. The van der Waals surface area contributed by atoms with E-state index in [0.29, 0.717) is 6.54 Å². The largest absolute Gasteiger partial charge is 0.357 e. The molecular weight excluding hydrogens is 399 g/mol. The predicted molar refractivity (Wildman–Crippen MR) is 102 cm³/mol. The van der Waals surface area contributed by atoms with Crippen molar-refractivity contribution < 1.29 is 0 Å². The van der Waals surface area contributed by atoms with Gasteiger partial charge in [-0.15, -0.1) is 34.2 Å². The molecule has 1 aromatic rings. The average Bonchev–Trinajstić information content (AvgIpc) is 2.89. The van der Waals surface area contributed by atoms with E-state index in [4.69, 9.17) is 0 Å². The minimum atomic E-state index is 0. The first kappa shape index (κ1) is 20.5. The summed E-state index contributed by atoms with van der Waals surface area (Å²) in [5.41, 5.74) is 0. The summed E-state index contributed by atoms with van der Waals surface area (Å²) in [6, 6.07) is 0. The number of nitrogens with one attached hydrogen (secondary N) is 2. The topological polar surface area (TPSA) is 67.1 Å². The van der Waals surface area contributed by atoms with Crippen LogP contribution in [-0.2, 0) is 13.1 Å². The van der Waals surface area contributed by atoms with Crippen LogP contribution in [-0.4, -0.2) is 44.8 Å². The zero-order valence-electron chi connectivity index (χ0n) is 13.5. The molecule has 0 amide bonds. The lowest BCUT2D eigenvalue weighted by atomic mass is 10.2. The van der Waals surface area contributed by atoms with Crippen LogP contribution in [0.2, 0.25) is 0 Å². The third-order valence-electron chi connectivity index (χ3n) is 2.99. The van der Waals surface area contributed by atoms with Gasteiger partial charge in [0.25, 0.3) is 0 Å². The number of halogens is 1. The number of aromatic nitrogens is 3. The van der Waals surface area contributed by atoms with Crippen LogP contribution in [0.4, 0.5) is 0 Å². The van der Waals surface area contributed by atoms with Gasteiger partial charge in [-0.3, -0.25) is 0 Å². The lowest BCUT2D eigenvalue weighted by molar-refractivity contribution is 0.659. The van der Waals surface area contributed by atoms with Crippen LogP contribution in [0, 0.1) is 0 Å². The molecule has 0 aromatic carbocycles. The van der Waals surface area contributed by atoms with E-state index in [9.17, 15) is 0 Å². The van der Waals surface area contributed by atoms with E-state index in [1.807, 2.05) is 16.3 Å². The Morgan fingerprint density at radius 2 is 2.10 bits per heavy atom. The van der Waals surface area contributed by atoms with Crippen LogP contribution in [0.15, 0.2) is 11.3 Å². The van der Waals surface area contributed by atoms with Gasteiger partial charge in [-0.25, -0.2) is 4.99 Å².